The Morgan fingerprint density at radius 3 is 2.47 bits per heavy atom. The number of hydrogen-bond acceptors (Lipinski definition) is 6. The van der Waals surface area contributed by atoms with Gasteiger partial charge in [0.2, 0.25) is 0 Å². The number of unbranched alkanes of at least 4 members (excludes halogenated alkanes) is 5. The van der Waals surface area contributed by atoms with Gasteiger partial charge in [-0.05, 0) is 13.3 Å². The minimum atomic E-state index is -0.205. The third-order valence-electron chi connectivity index (χ3n) is 5.61. The molecule has 2 atom stereocenters. The molecule has 0 aliphatic carbocycles. The molecule has 0 fully saturated rings. The zero-order valence-corrected chi connectivity index (χ0v) is 21.7. The largest absolute Gasteiger partial charge is 0.495 e. The minimum absolute atomic E-state index is 0. The summed E-state index contributed by atoms with van der Waals surface area (Å²) in [6, 6.07) is 9.41. The number of nitrogens with zero attached hydrogens (tertiary/aromatic N) is 2. The van der Waals surface area contributed by atoms with Crippen LogP contribution in [0.3, 0.4) is 0 Å². The molecule has 1 aromatic carbocycles. The van der Waals surface area contributed by atoms with Crippen LogP contribution >= 0.6 is 17.0 Å². The first-order chi connectivity index (χ1) is 15.1. The van der Waals surface area contributed by atoms with E-state index in [0.717, 1.165) is 12.2 Å². The smallest absolute Gasteiger partial charge is 0.182 e. The van der Waals surface area contributed by atoms with E-state index in [1.165, 1.54) is 38.5 Å². The van der Waals surface area contributed by atoms with Gasteiger partial charge in [0.05, 0.1) is 26.6 Å². The zero-order valence-electron chi connectivity index (χ0n) is 20.0. The highest BCUT2D eigenvalue weighted by atomic mass is 79.9. The summed E-state index contributed by atoms with van der Waals surface area (Å²) in [5.41, 5.74) is 0.687. The maximum Gasteiger partial charge on any atom is 0.182 e. The quantitative estimate of drug-likeness (QED) is 0.255. The summed E-state index contributed by atoms with van der Waals surface area (Å²) >= 11 is 0. The van der Waals surface area contributed by atoms with Crippen molar-refractivity contribution >= 4 is 29.1 Å². The lowest BCUT2D eigenvalue weighted by Crippen LogP contribution is -2.46. The number of aliphatic imine (C=N–C) groups is 1. The number of carbonyl (C=O) groups is 1. The molecule has 1 heterocycles. The maximum absolute atomic E-state index is 12.7. The van der Waals surface area contributed by atoms with Crippen LogP contribution in [-0.2, 0) is 9.47 Å². The van der Waals surface area contributed by atoms with Gasteiger partial charge in [0.15, 0.2) is 17.4 Å². The third-order valence-corrected chi connectivity index (χ3v) is 5.61. The second-order valence-corrected chi connectivity index (χ2v) is 8.20. The number of halogens is 1. The van der Waals surface area contributed by atoms with Gasteiger partial charge in [-0.2, -0.15) is 0 Å². The Morgan fingerprint density at radius 2 is 1.81 bits per heavy atom. The molecule has 2 rings (SSSR count). The van der Waals surface area contributed by atoms with Crippen molar-refractivity contribution in [3.63, 3.8) is 0 Å². The molecule has 1 aliphatic rings. The molecule has 0 aromatic heterocycles. The molecule has 7 heteroatoms. The molecule has 32 heavy (non-hydrogen) atoms. The Labute approximate surface area is 204 Å². The van der Waals surface area contributed by atoms with Crippen LogP contribution in [0.2, 0.25) is 0 Å². The van der Waals surface area contributed by atoms with Gasteiger partial charge in [0.25, 0.3) is 0 Å². The molecule has 2 unspecified atom stereocenters. The molecule has 0 spiro atoms. The lowest BCUT2D eigenvalue weighted by molar-refractivity contribution is 0.0840. The number of ketones is 1. The van der Waals surface area contributed by atoms with Gasteiger partial charge in [0, 0.05) is 18.7 Å². The molecule has 0 radical (unpaired) electrons. The Balaban J connectivity index is 0.00000512. The Morgan fingerprint density at radius 1 is 1.12 bits per heavy atom. The van der Waals surface area contributed by atoms with Crippen molar-refractivity contribution < 1.29 is 14.3 Å². The van der Waals surface area contributed by atoms with E-state index in [4.69, 9.17) is 9.47 Å². The molecule has 0 saturated carbocycles. The fourth-order valence-electron chi connectivity index (χ4n) is 3.82. The van der Waals surface area contributed by atoms with Gasteiger partial charge < -0.3 is 19.7 Å². The maximum atomic E-state index is 12.7. The number of rotatable bonds is 15. The van der Waals surface area contributed by atoms with Crippen molar-refractivity contribution in [1.82, 2.24) is 10.2 Å². The van der Waals surface area contributed by atoms with E-state index in [2.05, 4.69) is 24.2 Å². The van der Waals surface area contributed by atoms with E-state index < -0.39 is 0 Å². The van der Waals surface area contributed by atoms with Gasteiger partial charge in [-0.25, -0.2) is 4.99 Å². The summed E-state index contributed by atoms with van der Waals surface area (Å²) in [5, 5.41) is 3.51. The van der Waals surface area contributed by atoms with Gasteiger partial charge in [-0.1, -0.05) is 75.8 Å². The van der Waals surface area contributed by atoms with E-state index in [9.17, 15) is 4.79 Å². The van der Waals surface area contributed by atoms with Crippen LogP contribution in [0.4, 0.5) is 0 Å². The minimum Gasteiger partial charge on any atom is -0.495 e. The van der Waals surface area contributed by atoms with E-state index in [0.29, 0.717) is 24.0 Å². The first kappa shape index (κ1) is 28.2. The van der Waals surface area contributed by atoms with Gasteiger partial charge in [-0.3, -0.25) is 4.79 Å². The van der Waals surface area contributed by atoms with E-state index >= 15 is 0 Å². The summed E-state index contributed by atoms with van der Waals surface area (Å²) in [6.07, 6.45) is 10.5. The molecule has 0 saturated heterocycles. The second kappa shape index (κ2) is 15.9. The highest BCUT2D eigenvalue weighted by Crippen LogP contribution is 2.21. The number of Topliss-reactive ketones (excluding diaryl/α,β-unsaturated/α-hetero) is 1. The monoisotopic (exact) mass is 509 g/mol. The van der Waals surface area contributed by atoms with E-state index in [-0.39, 0.29) is 35.4 Å². The predicted octanol–water partition coefficient (Wildman–Crippen LogP) is 5.35. The average molecular weight is 511 g/mol. The molecule has 1 N–H and O–H groups in total. The van der Waals surface area contributed by atoms with Crippen LogP contribution in [-0.4, -0.2) is 56.5 Å². The highest BCUT2D eigenvalue weighted by molar-refractivity contribution is 8.93. The summed E-state index contributed by atoms with van der Waals surface area (Å²) < 4.78 is 11.2. The molecule has 6 nitrogen and oxygen atoms in total. The Kier molecular flexibility index (Phi) is 14.0. The lowest BCUT2D eigenvalue weighted by atomic mass is 10.1. The van der Waals surface area contributed by atoms with Crippen LogP contribution in [0.5, 0.6) is 0 Å². The number of nitrogens with one attached hydrogen (secondary N) is 1. The number of methoxy groups -OCH3 is 2. The topological polar surface area (TPSA) is 63.2 Å². The summed E-state index contributed by atoms with van der Waals surface area (Å²) in [4.78, 5) is 19.2. The lowest BCUT2D eigenvalue weighted by Gasteiger charge is -2.34. The molecule has 1 aliphatic heterocycles. The van der Waals surface area contributed by atoms with Crippen molar-refractivity contribution in [2.45, 2.75) is 70.9 Å². The summed E-state index contributed by atoms with van der Waals surface area (Å²) in [5.74, 6) is 1.47. The van der Waals surface area contributed by atoms with E-state index in [1.807, 2.05) is 35.2 Å². The molecule has 180 valence electrons. The molecule has 1 aromatic rings. The Bertz CT molecular complexity index is 724. The molecular formula is C25H40BrN3O3. The van der Waals surface area contributed by atoms with Gasteiger partial charge >= 0.3 is 0 Å². The van der Waals surface area contributed by atoms with Crippen molar-refractivity contribution in [2.24, 2.45) is 4.99 Å². The van der Waals surface area contributed by atoms with Crippen LogP contribution in [0, 0.1) is 0 Å². The zero-order chi connectivity index (χ0) is 22.5. The number of carbonyl (C=O) groups excluding carboxylic acids is 1. The first-order valence-corrected chi connectivity index (χ1v) is 11.5. The van der Waals surface area contributed by atoms with Crippen molar-refractivity contribution in [3.05, 3.63) is 47.5 Å². The van der Waals surface area contributed by atoms with Crippen LogP contribution in [0.25, 0.3) is 0 Å². The third kappa shape index (κ3) is 8.94. The Hall–Kier alpha value is -1.86. The van der Waals surface area contributed by atoms with Crippen molar-refractivity contribution in [3.8, 4) is 0 Å². The fourth-order valence-corrected chi connectivity index (χ4v) is 3.82. The standard InChI is InChI=1S/C25H39N3O3.BrH/c1-5-6-7-8-9-11-14-20(2)27-25-24(31-4)22(18-30-3)28(19-26-25)17-23(29)21-15-12-10-13-16-21;/h10,12-13,15-16,19-20,22,27H,5-9,11,14,17-18H2,1-4H3;1H. The van der Waals surface area contributed by atoms with Crippen LogP contribution in [0.15, 0.2) is 46.9 Å². The molecule has 0 amide bonds. The summed E-state index contributed by atoms with van der Waals surface area (Å²) in [6.45, 7) is 5.05. The van der Waals surface area contributed by atoms with Crippen LogP contribution < -0.4 is 5.32 Å². The molecular weight excluding hydrogens is 470 g/mol. The normalized spacial score (nSPS) is 16.5. The molecule has 0 bridgehead atoms. The van der Waals surface area contributed by atoms with Crippen molar-refractivity contribution in [1.29, 1.82) is 0 Å². The van der Waals surface area contributed by atoms with E-state index in [1.54, 1.807) is 20.6 Å². The summed E-state index contributed by atoms with van der Waals surface area (Å²) in [7, 11) is 3.31. The number of hydrogen-bond donors (Lipinski definition) is 1. The highest BCUT2D eigenvalue weighted by Gasteiger charge is 2.30. The fraction of sp³-hybridized carbons (Fsp3) is 0.600. The van der Waals surface area contributed by atoms with Crippen molar-refractivity contribution in [2.75, 3.05) is 27.4 Å². The van der Waals surface area contributed by atoms with Crippen LogP contribution in [0.1, 0.15) is 69.2 Å². The number of benzene rings is 1. The number of ether oxygens (including phenoxy) is 2. The van der Waals surface area contributed by atoms with Gasteiger partial charge in [0.1, 0.15) is 6.04 Å². The predicted molar refractivity (Wildman–Crippen MR) is 137 cm³/mol. The SMILES string of the molecule is Br.CCCCCCCCC(C)NC1=C(OC)C(COC)N(CC(=O)c2ccccc2)C=N1. The first-order valence-electron chi connectivity index (χ1n) is 11.5. The average Bonchev–Trinajstić information content (AvgIpc) is 2.78. The second-order valence-electron chi connectivity index (χ2n) is 8.20. The van der Waals surface area contributed by atoms with Gasteiger partial charge in [-0.15, -0.1) is 17.0 Å².